The van der Waals surface area contributed by atoms with Crippen molar-refractivity contribution in [2.75, 3.05) is 6.61 Å². The molecule has 1 rings (SSSR count). The Morgan fingerprint density at radius 3 is 1.58 bits per heavy atom. The molecule has 0 heterocycles. The van der Waals surface area contributed by atoms with Gasteiger partial charge >= 0.3 is 7.82 Å². The number of hydrogen-bond acceptors (Lipinski definition) is 11. The molecule has 14 heteroatoms. The Kier molecular flexibility index (Phi) is 30.9. The zero-order valence-electron chi connectivity index (χ0n) is 34.7. The van der Waals surface area contributed by atoms with Gasteiger partial charge in [0.1, 0.15) is 36.6 Å². The minimum atomic E-state index is -5.15. The average molecular weight is 832 g/mol. The first-order valence-electron chi connectivity index (χ1n) is 21.7. The zero-order chi connectivity index (χ0) is 42.3. The smallest absolute Gasteiger partial charge is 0.393 e. The number of nitrogens with one attached hydrogen (secondary N) is 1. The van der Waals surface area contributed by atoms with Crippen molar-refractivity contribution in [3.8, 4) is 0 Å². The van der Waals surface area contributed by atoms with Gasteiger partial charge in [0, 0.05) is 0 Å². The van der Waals surface area contributed by atoms with E-state index in [1.807, 2.05) is 0 Å². The second kappa shape index (κ2) is 33.0. The Bertz CT molecular complexity index is 1170. The number of carbonyl (C=O) groups excluding carboxylic acids is 1. The number of allylic oxidation sites excluding steroid dienone is 7. The number of aliphatic hydroxyl groups excluding tert-OH is 7. The van der Waals surface area contributed by atoms with Gasteiger partial charge < -0.3 is 46.0 Å². The fourth-order valence-electron chi connectivity index (χ4n) is 6.50. The lowest BCUT2D eigenvalue weighted by atomic mass is 9.85. The predicted octanol–water partition coefficient (Wildman–Crippen LogP) is 6.36. The van der Waals surface area contributed by atoms with Crippen LogP contribution in [0.3, 0.4) is 0 Å². The van der Waals surface area contributed by atoms with Crippen molar-refractivity contribution in [3.05, 3.63) is 48.6 Å². The highest BCUT2D eigenvalue weighted by molar-refractivity contribution is 7.47. The van der Waals surface area contributed by atoms with E-state index in [-0.39, 0.29) is 6.42 Å². The average Bonchev–Trinajstić information content (AvgIpc) is 3.18. The van der Waals surface area contributed by atoms with Gasteiger partial charge in [-0.3, -0.25) is 13.8 Å². The van der Waals surface area contributed by atoms with Crippen LogP contribution in [0.25, 0.3) is 0 Å². The van der Waals surface area contributed by atoms with Gasteiger partial charge in [-0.25, -0.2) is 4.57 Å². The molecule has 0 radical (unpaired) electrons. The summed E-state index contributed by atoms with van der Waals surface area (Å²) in [5.41, 5.74) is 0. The van der Waals surface area contributed by atoms with Crippen molar-refractivity contribution < 1.29 is 59.0 Å². The van der Waals surface area contributed by atoms with Crippen LogP contribution in [0.1, 0.15) is 155 Å². The predicted molar refractivity (Wildman–Crippen MR) is 224 cm³/mol. The van der Waals surface area contributed by atoms with Gasteiger partial charge in [-0.05, 0) is 70.6 Å². The van der Waals surface area contributed by atoms with E-state index >= 15 is 0 Å². The van der Waals surface area contributed by atoms with E-state index in [0.717, 1.165) is 51.4 Å². The summed E-state index contributed by atoms with van der Waals surface area (Å²) < 4.78 is 22.8. The fraction of sp³-hybridized carbons (Fsp3) is 0.791. The number of unbranched alkanes of at least 4 members (excludes halogenated alkanes) is 15. The molecule has 0 aromatic heterocycles. The summed E-state index contributed by atoms with van der Waals surface area (Å²) in [4.78, 5) is 23.3. The van der Waals surface area contributed by atoms with Crippen LogP contribution in [0, 0.1) is 0 Å². The largest absolute Gasteiger partial charge is 0.472 e. The van der Waals surface area contributed by atoms with Gasteiger partial charge in [0.25, 0.3) is 0 Å². The van der Waals surface area contributed by atoms with Crippen molar-refractivity contribution >= 4 is 13.7 Å². The van der Waals surface area contributed by atoms with Gasteiger partial charge in [-0.1, -0.05) is 127 Å². The number of carbonyl (C=O) groups is 1. The van der Waals surface area contributed by atoms with E-state index in [1.165, 1.54) is 70.3 Å². The molecule has 0 aromatic rings. The van der Waals surface area contributed by atoms with Gasteiger partial charge in [0.15, 0.2) is 0 Å². The summed E-state index contributed by atoms with van der Waals surface area (Å²) >= 11 is 0. The van der Waals surface area contributed by atoms with Crippen LogP contribution in [0.15, 0.2) is 48.6 Å². The molecule has 1 amide bonds. The lowest BCUT2D eigenvalue weighted by molar-refractivity contribution is -0.220. The Morgan fingerprint density at radius 2 is 1.04 bits per heavy atom. The highest BCUT2D eigenvalue weighted by Gasteiger charge is 2.51. The molecule has 0 saturated heterocycles. The molecule has 0 aromatic carbocycles. The van der Waals surface area contributed by atoms with Crippen LogP contribution in [0.4, 0.5) is 0 Å². The van der Waals surface area contributed by atoms with E-state index in [9.17, 15) is 50.0 Å². The molecule has 13 nitrogen and oxygen atoms in total. The summed E-state index contributed by atoms with van der Waals surface area (Å²) in [6.45, 7) is 3.65. The third kappa shape index (κ3) is 25.5. The highest BCUT2D eigenvalue weighted by Crippen LogP contribution is 2.47. The molecule has 1 aliphatic carbocycles. The van der Waals surface area contributed by atoms with E-state index in [4.69, 9.17) is 9.05 Å². The van der Waals surface area contributed by atoms with Crippen molar-refractivity contribution in [1.29, 1.82) is 0 Å². The first-order chi connectivity index (χ1) is 27.3. The lowest BCUT2D eigenvalue weighted by Gasteiger charge is -2.41. The number of phosphoric acid groups is 1. The first kappa shape index (κ1) is 53.3. The first-order valence-corrected chi connectivity index (χ1v) is 23.2. The van der Waals surface area contributed by atoms with Crippen LogP contribution < -0.4 is 5.32 Å². The Labute approximate surface area is 342 Å². The summed E-state index contributed by atoms with van der Waals surface area (Å²) in [5, 5.41) is 74.2. The molecular weight excluding hydrogens is 753 g/mol. The third-order valence-corrected chi connectivity index (χ3v) is 11.1. The maximum Gasteiger partial charge on any atom is 0.472 e. The van der Waals surface area contributed by atoms with E-state index in [2.05, 4.69) is 55.6 Å². The Balaban J connectivity index is 2.65. The van der Waals surface area contributed by atoms with E-state index in [1.54, 1.807) is 6.08 Å². The molecule has 1 fully saturated rings. The third-order valence-electron chi connectivity index (χ3n) is 10.1. The van der Waals surface area contributed by atoms with E-state index in [0.29, 0.717) is 19.3 Å². The molecule has 8 unspecified atom stereocenters. The summed E-state index contributed by atoms with van der Waals surface area (Å²) in [5.74, 6) is -0.620. The topological polar surface area (TPSA) is 226 Å². The van der Waals surface area contributed by atoms with Crippen molar-refractivity contribution in [3.63, 3.8) is 0 Å². The molecule has 0 aliphatic heterocycles. The monoisotopic (exact) mass is 832 g/mol. The second-order valence-electron chi connectivity index (χ2n) is 15.4. The molecule has 332 valence electrons. The number of hydrogen-bond donors (Lipinski definition) is 9. The van der Waals surface area contributed by atoms with Crippen molar-refractivity contribution in [2.24, 2.45) is 0 Å². The molecule has 57 heavy (non-hydrogen) atoms. The Morgan fingerprint density at radius 1 is 0.614 bits per heavy atom. The maximum absolute atomic E-state index is 12.9. The molecule has 1 aliphatic rings. The zero-order valence-corrected chi connectivity index (χ0v) is 35.6. The quantitative estimate of drug-likeness (QED) is 0.0196. The summed E-state index contributed by atoms with van der Waals surface area (Å²) in [6.07, 6.45) is 23.6. The molecule has 1 saturated carbocycles. The minimum Gasteiger partial charge on any atom is -0.393 e. The van der Waals surface area contributed by atoms with Crippen LogP contribution in [0.5, 0.6) is 0 Å². The van der Waals surface area contributed by atoms with Crippen molar-refractivity contribution in [1.82, 2.24) is 5.32 Å². The van der Waals surface area contributed by atoms with Crippen LogP contribution in [-0.2, 0) is 18.4 Å². The van der Waals surface area contributed by atoms with Crippen LogP contribution in [0.2, 0.25) is 0 Å². The molecule has 9 N–H and O–H groups in total. The molecule has 0 spiro atoms. The fourth-order valence-corrected chi connectivity index (χ4v) is 7.47. The molecule has 0 bridgehead atoms. The molecule has 8 atom stereocenters. The normalized spacial score (nSPS) is 24.5. The minimum absolute atomic E-state index is 0.269. The lowest BCUT2D eigenvalue weighted by Crippen LogP contribution is -2.64. The highest BCUT2D eigenvalue weighted by atomic mass is 31.2. The number of amides is 1. The molecular formula is C43H78NO12P. The van der Waals surface area contributed by atoms with Gasteiger partial charge in [0.05, 0.1) is 31.3 Å². The van der Waals surface area contributed by atoms with Crippen LogP contribution in [-0.4, -0.2) is 108 Å². The van der Waals surface area contributed by atoms with Crippen molar-refractivity contribution in [2.45, 2.75) is 210 Å². The van der Waals surface area contributed by atoms with Gasteiger partial charge in [0.2, 0.25) is 5.91 Å². The standard InChI is InChI=1S/C43H78NO12P/c1-3-5-7-9-11-13-15-16-17-18-19-20-21-23-25-27-29-31-36(46)35(33-55-57(53,54)56-43-41(51)39(49)38(48)40(50)42(43)52)44-37(47)32-34(45)30-28-26-24-22-14-12-10-8-6-4-2/h12,14,17-18,21,23,29,31,34-36,38-43,45-46,48-52H,3-11,13,15-16,19-20,22,24-28,30,32-33H2,1-2H3,(H,44,47)(H,53,54)/b14-12-,18-17+,23-21+,31-29+. The SMILES string of the molecule is CCCCC/C=C\CCCCCC(O)CC(=O)NC(COP(=O)(O)OC1C(O)C(O)C(O)C(O)C1O)C(O)/C=C/CC/C=C/CC/C=C/CCCCCCCCC. The number of aliphatic hydroxyl groups is 7. The maximum atomic E-state index is 12.9. The van der Waals surface area contributed by atoms with E-state index < -0.39 is 75.2 Å². The van der Waals surface area contributed by atoms with Gasteiger partial charge in [-0.2, -0.15) is 0 Å². The van der Waals surface area contributed by atoms with Gasteiger partial charge in [-0.15, -0.1) is 0 Å². The summed E-state index contributed by atoms with van der Waals surface area (Å²) in [7, 11) is -5.15. The Hall–Kier alpha value is -1.74. The summed E-state index contributed by atoms with van der Waals surface area (Å²) in [6, 6.07) is -1.27. The number of rotatable bonds is 34. The number of phosphoric ester groups is 1. The van der Waals surface area contributed by atoms with Crippen LogP contribution >= 0.6 is 7.82 Å². The second-order valence-corrected chi connectivity index (χ2v) is 16.8.